The summed E-state index contributed by atoms with van der Waals surface area (Å²) in [6, 6.07) is 5.44. The average Bonchev–Trinajstić information content (AvgIpc) is 2.99. The van der Waals surface area contributed by atoms with Gasteiger partial charge in [0.05, 0.1) is 13.7 Å². The third-order valence-electron chi connectivity index (χ3n) is 4.38. The maximum atomic E-state index is 9.89. The molecule has 0 amide bonds. The number of hydrogen-bond acceptors (Lipinski definition) is 3. The molecule has 0 spiro atoms. The third kappa shape index (κ3) is 5.05. The molecule has 0 aliphatic carbocycles. The lowest BCUT2D eigenvalue weighted by atomic mass is 9.97. The van der Waals surface area contributed by atoms with Gasteiger partial charge in [0.1, 0.15) is 0 Å². The molecule has 0 radical (unpaired) electrons. The molecule has 134 valence electrons. The van der Waals surface area contributed by atoms with E-state index in [4.69, 9.17) is 9.73 Å². The van der Waals surface area contributed by atoms with E-state index >= 15 is 0 Å². The lowest BCUT2D eigenvalue weighted by Crippen LogP contribution is -2.40. The first-order valence-corrected chi connectivity index (χ1v) is 8.92. The molecule has 1 aromatic rings. The monoisotopic (exact) mass is 333 g/mol. The highest BCUT2D eigenvalue weighted by Gasteiger charge is 2.25. The summed E-state index contributed by atoms with van der Waals surface area (Å²) >= 11 is 0. The summed E-state index contributed by atoms with van der Waals surface area (Å²) in [5.74, 6) is 3.13. The number of aromatic hydroxyl groups is 1. The fourth-order valence-electron chi connectivity index (χ4n) is 3.31. The van der Waals surface area contributed by atoms with Crippen LogP contribution in [-0.4, -0.2) is 42.7 Å². The van der Waals surface area contributed by atoms with Crippen molar-refractivity contribution in [2.24, 2.45) is 16.8 Å². The second-order valence-corrected chi connectivity index (χ2v) is 6.91. The van der Waals surface area contributed by atoms with Crippen LogP contribution in [0.2, 0.25) is 0 Å². The van der Waals surface area contributed by atoms with Gasteiger partial charge in [0.25, 0.3) is 0 Å². The summed E-state index contributed by atoms with van der Waals surface area (Å²) in [6.07, 6.45) is 2.52. The summed E-state index contributed by atoms with van der Waals surface area (Å²) in [4.78, 5) is 7.12. The average molecular weight is 333 g/mol. The molecule has 1 aliphatic rings. The van der Waals surface area contributed by atoms with Crippen molar-refractivity contribution in [1.82, 2.24) is 10.2 Å². The third-order valence-corrected chi connectivity index (χ3v) is 4.38. The van der Waals surface area contributed by atoms with Crippen molar-refractivity contribution in [3.63, 3.8) is 0 Å². The van der Waals surface area contributed by atoms with Gasteiger partial charge in [-0.3, -0.25) is 0 Å². The van der Waals surface area contributed by atoms with Gasteiger partial charge in [-0.2, -0.15) is 0 Å². The van der Waals surface area contributed by atoms with Crippen LogP contribution in [0.15, 0.2) is 23.2 Å². The molecule has 1 fully saturated rings. The van der Waals surface area contributed by atoms with Gasteiger partial charge in [-0.15, -0.1) is 0 Å². The molecule has 1 aromatic carbocycles. The van der Waals surface area contributed by atoms with Crippen molar-refractivity contribution in [3.8, 4) is 11.5 Å². The quantitative estimate of drug-likeness (QED) is 0.620. The number of likely N-dealkylation sites (tertiary alicyclic amines) is 1. The molecule has 2 N–H and O–H groups in total. The Kier molecular flexibility index (Phi) is 6.76. The molecule has 24 heavy (non-hydrogen) atoms. The maximum absolute atomic E-state index is 9.89. The van der Waals surface area contributed by atoms with Gasteiger partial charge >= 0.3 is 0 Å². The minimum atomic E-state index is 0.161. The van der Waals surface area contributed by atoms with Crippen LogP contribution in [0.5, 0.6) is 11.5 Å². The Morgan fingerprint density at radius 3 is 2.88 bits per heavy atom. The Morgan fingerprint density at radius 2 is 2.25 bits per heavy atom. The molecular weight excluding hydrogens is 302 g/mol. The predicted molar refractivity (Wildman–Crippen MR) is 98.6 cm³/mol. The Labute approximate surface area is 145 Å². The van der Waals surface area contributed by atoms with Crippen molar-refractivity contribution in [1.29, 1.82) is 0 Å². The smallest absolute Gasteiger partial charge is 0.194 e. The van der Waals surface area contributed by atoms with Crippen LogP contribution in [-0.2, 0) is 6.54 Å². The van der Waals surface area contributed by atoms with Gasteiger partial charge in [-0.05, 0) is 49.3 Å². The second-order valence-electron chi connectivity index (χ2n) is 6.91. The predicted octanol–water partition coefficient (Wildman–Crippen LogP) is 3.23. The van der Waals surface area contributed by atoms with Gasteiger partial charge in [0.2, 0.25) is 0 Å². The van der Waals surface area contributed by atoms with E-state index in [9.17, 15) is 5.11 Å². The molecule has 1 saturated heterocycles. The Hall–Kier alpha value is -1.91. The van der Waals surface area contributed by atoms with E-state index in [0.29, 0.717) is 12.3 Å². The summed E-state index contributed by atoms with van der Waals surface area (Å²) in [5.41, 5.74) is 0.974. The van der Waals surface area contributed by atoms with Crippen molar-refractivity contribution in [3.05, 3.63) is 23.8 Å². The van der Waals surface area contributed by atoms with Crippen LogP contribution >= 0.6 is 0 Å². The van der Waals surface area contributed by atoms with Crippen LogP contribution in [0, 0.1) is 11.8 Å². The Balaban J connectivity index is 2.02. The lowest BCUT2D eigenvalue weighted by molar-refractivity contribution is 0.373. The lowest BCUT2D eigenvalue weighted by Gasteiger charge is -2.22. The van der Waals surface area contributed by atoms with E-state index in [0.717, 1.165) is 43.0 Å². The number of ether oxygens (including phenoxy) is 1. The molecule has 0 aromatic heterocycles. The number of aliphatic imine (C=N–C) groups is 1. The van der Waals surface area contributed by atoms with Crippen LogP contribution in [0.3, 0.4) is 0 Å². The summed E-state index contributed by atoms with van der Waals surface area (Å²) < 4.78 is 5.08. The minimum absolute atomic E-state index is 0.161. The first-order chi connectivity index (χ1) is 11.5. The van der Waals surface area contributed by atoms with E-state index in [1.54, 1.807) is 19.2 Å². The molecular formula is C19H31N3O2. The zero-order chi connectivity index (χ0) is 17.5. The van der Waals surface area contributed by atoms with Crippen molar-refractivity contribution in [2.75, 3.05) is 26.7 Å². The van der Waals surface area contributed by atoms with Crippen molar-refractivity contribution >= 4 is 5.96 Å². The van der Waals surface area contributed by atoms with Gasteiger partial charge in [-0.25, -0.2) is 4.99 Å². The van der Waals surface area contributed by atoms with Gasteiger partial charge in [-0.1, -0.05) is 19.9 Å². The van der Waals surface area contributed by atoms with E-state index in [1.165, 1.54) is 12.8 Å². The van der Waals surface area contributed by atoms with Gasteiger partial charge in [0, 0.05) is 19.6 Å². The topological polar surface area (TPSA) is 57.1 Å². The largest absolute Gasteiger partial charge is 0.504 e. The second kappa shape index (κ2) is 8.81. The van der Waals surface area contributed by atoms with E-state index in [1.807, 2.05) is 6.07 Å². The number of hydrogen-bond donors (Lipinski definition) is 2. The fraction of sp³-hybridized carbons (Fsp3) is 0.632. The SMILES string of the molecule is CCNC(=NCc1ccc(OC)c(O)c1)N1CCC(CC(C)C)C1. The number of phenols is 1. The molecule has 1 aliphatic heterocycles. The molecule has 5 heteroatoms. The number of benzene rings is 1. The first-order valence-electron chi connectivity index (χ1n) is 8.92. The van der Waals surface area contributed by atoms with E-state index < -0.39 is 0 Å². The van der Waals surface area contributed by atoms with Crippen LogP contribution in [0.4, 0.5) is 0 Å². The van der Waals surface area contributed by atoms with E-state index in [-0.39, 0.29) is 5.75 Å². The highest BCUT2D eigenvalue weighted by Crippen LogP contribution is 2.27. The molecule has 1 atom stereocenters. The standard InChI is InChI=1S/C19H31N3O2/c1-5-20-19(22-9-8-16(13-22)10-14(2)3)21-12-15-6-7-18(24-4)17(23)11-15/h6-7,11,14,16,23H,5,8-10,12-13H2,1-4H3,(H,20,21). The Morgan fingerprint density at radius 1 is 1.46 bits per heavy atom. The number of nitrogens with one attached hydrogen (secondary N) is 1. The van der Waals surface area contributed by atoms with Crippen LogP contribution < -0.4 is 10.1 Å². The zero-order valence-electron chi connectivity index (χ0n) is 15.4. The molecule has 0 saturated carbocycles. The van der Waals surface area contributed by atoms with Crippen LogP contribution in [0.25, 0.3) is 0 Å². The van der Waals surface area contributed by atoms with Gasteiger partial charge in [0.15, 0.2) is 17.5 Å². The summed E-state index contributed by atoms with van der Waals surface area (Å²) in [7, 11) is 1.55. The molecule has 5 nitrogen and oxygen atoms in total. The first kappa shape index (κ1) is 18.4. The summed E-state index contributed by atoms with van der Waals surface area (Å²) in [5, 5.41) is 13.3. The van der Waals surface area contributed by atoms with Gasteiger partial charge < -0.3 is 20.1 Å². The molecule has 1 unspecified atom stereocenters. The normalized spacial score (nSPS) is 18.3. The maximum Gasteiger partial charge on any atom is 0.194 e. The number of methoxy groups -OCH3 is 1. The minimum Gasteiger partial charge on any atom is -0.504 e. The Bertz CT molecular complexity index is 558. The van der Waals surface area contributed by atoms with Crippen LogP contribution in [0.1, 0.15) is 39.2 Å². The molecule has 0 bridgehead atoms. The fourth-order valence-corrected chi connectivity index (χ4v) is 3.31. The van der Waals surface area contributed by atoms with Crippen molar-refractivity contribution < 1.29 is 9.84 Å². The number of phenolic OH excluding ortho intramolecular Hbond substituents is 1. The molecule has 1 heterocycles. The zero-order valence-corrected chi connectivity index (χ0v) is 15.4. The number of nitrogens with zero attached hydrogens (tertiary/aromatic N) is 2. The molecule has 2 rings (SSSR count). The highest BCUT2D eigenvalue weighted by atomic mass is 16.5. The highest BCUT2D eigenvalue weighted by molar-refractivity contribution is 5.80. The number of rotatable bonds is 6. The summed E-state index contributed by atoms with van der Waals surface area (Å²) in [6.45, 7) is 10.2. The van der Waals surface area contributed by atoms with Crippen molar-refractivity contribution in [2.45, 2.75) is 40.2 Å². The van der Waals surface area contributed by atoms with E-state index in [2.05, 4.69) is 31.0 Å². The number of guanidine groups is 1.